The number of aryl methyl sites for hydroxylation is 2. The summed E-state index contributed by atoms with van der Waals surface area (Å²) >= 11 is 0. The quantitative estimate of drug-likeness (QED) is 0.714. The van der Waals surface area contributed by atoms with Gasteiger partial charge in [-0.1, -0.05) is 43.3 Å². The van der Waals surface area contributed by atoms with Crippen LogP contribution in [0.25, 0.3) is 0 Å². The van der Waals surface area contributed by atoms with Crippen LogP contribution in [0.5, 0.6) is 0 Å². The van der Waals surface area contributed by atoms with Gasteiger partial charge in [-0.3, -0.25) is 4.79 Å². The van der Waals surface area contributed by atoms with Gasteiger partial charge in [0.25, 0.3) is 0 Å². The largest absolute Gasteiger partial charge is 0.462 e. The van der Waals surface area contributed by atoms with E-state index in [-0.39, 0.29) is 19.0 Å². The summed E-state index contributed by atoms with van der Waals surface area (Å²) in [4.78, 5) is 24.4. The number of carbonyl (C=O) groups is 2. The summed E-state index contributed by atoms with van der Waals surface area (Å²) in [5.74, 6) is -0.763. The zero-order valence-corrected chi connectivity index (χ0v) is 15.0. The van der Waals surface area contributed by atoms with Crippen molar-refractivity contribution in [2.45, 2.75) is 40.2 Å². The van der Waals surface area contributed by atoms with Gasteiger partial charge in [-0.25, -0.2) is 4.79 Å². The maximum atomic E-state index is 12.2. The molecule has 0 aliphatic carbocycles. The molecule has 0 atom stereocenters. The van der Waals surface area contributed by atoms with Gasteiger partial charge in [-0.15, -0.1) is 0 Å². The lowest BCUT2D eigenvalue weighted by molar-refractivity contribution is -0.144. The van der Waals surface area contributed by atoms with Crippen molar-refractivity contribution in [3.8, 4) is 0 Å². The fourth-order valence-electron chi connectivity index (χ4n) is 2.68. The number of rotatable bonds is 7. The van der Waals surface area contributed by atoms with Crippen molar-refractivity contribution in [3.05, 3.63) is 70.3 Å². The van der Waals surface area contributed by atoms with Crippen LogP contribution in [0, 0.1) is 6.92 Å². The Bertz CT molecular complexity index is 735. The molecule has 0 aromatic heterocycles. The van der Waals surface area contributed by atoms with Crippen molar-refractivity contribution in [1.29, 1.82) is 0 Å². The van der Waals surface area contributed by atoms with E-state index >= 15 is 0 Å². The van der Waals surface area contributed by atoms with Crippen LogP contribution >= 0.6 is 0 Å². The highest BCUT2D eigenvalue weighted by Gasteiger charge is 2.18. The molecule has 2 rings (SSSR count). The van der Waals surface area contributed by atoms with E-state index in [0.717, 1.165) is 23.1 Å². The lowest BCUT2D eigenvalue weighted by Gasteiger charge is -2.13. The van der Waals surface area contributed by atoms with Crippen molar-refractivity contribution < 1.29 is 19.1 Å². The molecule has 0 fully saturated rings. The Hall–Kier alpha value is -2.62. The zero-order valence-electron chi connectivity index (χ0n) is 15.0. The Kier molecular flexibility index (Phi) is 6.75. The third-order valence-corrected chi connectivity index (χ3v) is 4.02. The van der Waals surface area contributed by atoms with E-state index in [1.54, 1.807) is 6.92 Å². The Morgan fingerprint density at radius 2 is 1.68 bits per heavy atom. The van der Waals surface area contributed by atoms with Crippen LogP contribution in [0.2, 0.25) is 0 Å². The molecule has 0 saturated heterocycles. The summed E-state index contributed by atoms with van der Waals surface area (Å²) in [5.41, 5.74) is 4.15. The first-order chi connectivity index (χ1) is 12.0. The summed E-state index contributed by atoms with van der Waals surface area (Å²) in [7, 11) is 0. The third kappa shape index (κ3) is 5.18. The number of esters is 2. The van der Waals surface area contributed by atoms with Gasteiger partial charge in [0.1, 0.15) is 6.61 Å². The highest BCUT2D eigenvalue weighted by molar-refractivity contribution is 5.93. The summed E-state index contributed by atoms with van der Waals surface area (Å²) in [5, 5.41) is 0. The van der Waals surface area contributed by atoms with Crippen LogP contribution < -0.4 is 0 Å². The van der Waals surface area contributed by atoms with Gasteiger partial charge in [0, 0.05) is 0 Å². The molecule has 0 aliphatic heterocycles. The Morgan fingerprint density at radius 1 is 0.960 bits per heavy atom. The maximum Gasteiger partial charge on any atom is 0.338 e. The van der Waals surface area contributed by atoms with Crippen LogP contribution in [0.3, 0.4) is 0 Å². The number of hydrogen-bond acceptors (Lipinski definition) is 4. The van der Waals surface area contributed by atoms with E-state index in [0.29, 0.717) is 17.7 Å². The molecule has 0 saturated carbocycles. The fraction of sp³-hybridized carbons (Fsp3) is 0.333. The van der Waals surface area contributed by atoms with E-state index in [4.69, 9.17) is 9.47 Å². The molecule has 25 heavy (non-hydrogen) atoms. The molecular formula is C21H24O4. The van der Waals surface area contributed by atoms with Gasteiger partial charge >= 0.3 is 11.9 Å². The molecule has 0 radical (unpaired) electrons. The predicted molar refractivity (Wildman–Crippen MR) is 96.5 cm³/mol. The minimum Gasteiger partial charge on any atom is -0.462 e. The van der Waals surface area contributed by atoms with E-state index in [2.05, 4.69) is 0 Å². The van der Waals surface area contributed by atoms with Crippen LogP contribution in [-0.4, -0.2) is 18.5 Å². The molecule has 0 bridgehead atoms. The third-order valence-electron chi connectivity index (χ3n) is 4.02. The molecule has 4 nitrogen and oxygen atoms in total. The first kappa shape index (κ1) is 18.7. The molecule has 0 heterocycles. The molecule has 2 aromatic carbocycles. The normalized spacial score (nSPS) is 10.4. The SMILES string of the molecule is CCOC(=O)c1cc(CC)c(C)cc1CC(=O)OCc1ccccc1. The van der Waals surface area contributed by atoms with Crippen molar-refractivity contribution in [2.24, 2.45) is 0 Å². The van der Waals surface area contributed by atoms with Crippen molar-refractivity contribution in [3.63, 3.8) is 0 Å². The van der Waals surface area contributed by atoms with Gasteiger partial charge in [0.2, 0.25) is 0 Å². The smallest absolute Gasteiger partial charge is 0.338 e. The van der Waals surface area contributed by atoms with Gasteiger partial charge in [-0.05, 0) is 48.6 Å². The first-order valence-electron chi connectivity index (χ1n) is 8.54. The second kappa shape index (κ2) is 9.02. The van der Waals surface area contributed by atoms with Gasteiger partial charge in [0.05, 0.1) is 18.6 Å². The molecule has 2 aromatic rings. The van der Waals surface area contributed by atoms with E-state index in [1.807, 2.05) is 56.3 Å². The molecule has 0 spiro atoms. The van der Waals surface area contributed by atoms with Crippen LogP contribution in [0.4, 0.5) is 0 Å². The molecule has 132 valence electrons. The average Bonchev–Trinajstić information content (AvgIpc) is 2.61. The van der Waals surface area contributed by atoms with Crippen molar-refractivity contribution in [1.82, 2.24) is 0 Å². The lowest BCUT2D eigenvalue weighted by atomic mass is 9.96. The average molecular weight is 340 g/mol. The minimum absolute atomic E-state index is 0.0474. The number of carbonyl (C=O) groups excluding carboxylic acids is 2. The predicted octanol–water partition coefficient (Wildman–Crippen LogP) is 4.02. The highest BCUT2D eigenvalue weighted by Crippen LogP contribution is 2.20. The van der Waals surface area contributed by atoms with Crippen LogP contribution in [0.1, 0.15) is 46.5 Å². The Balaban J connectivity index is 2.14. The summed E-state index contributed by atoms with van der Waals surface area (Å²) in [6.45, 7) is 6.30. The first-order valence-corrected chi connectivity index (χ1v) is 8.54. The molecular weight excluding hydrogens is 316 g/mol. The molecule has 4 heteroatoms. The highest BCUT2D eigenvalue weighted by atomic mass is 16.5. The standard InChI is InChI=1S/C21H24O4/c1-4-17-12-19(21(23)24-5-2)18(11-15(17)3)13-20(22)25-14-16-9-7-6-8-10-16/h6-12H,4-5,13-14H2,1-3H3. The number of hydrogen-bond donors (Lipinski definition) is 0. The second-order valence-corrected chi connectivity index (χ2v) is 5.83. The van der Waals surface area contributed by atoms with Gasteiger partial charge < -0.3 is 9.47 Å². The van der Waals surface area contributed by atoms with Crippen LogP contribution in [-0.2, 0) is 33.7 Å². The molecule has 0 unspecified atom stereocenters. The maximum absolute atomic E-state index is 12.2. The molecule has 0 aliphatic rings. The van der Waals surface area contributed by atoms with E-state index in [1.165, 1.54) is 0 Å². The molecule has 0 N–H and O–H groups in total. The second-order valence-electron chi connectivity index (χ2n) is 5.83. The molecule has 0 amide bonds. The summed E-state index contributed by atoms with van der Waals surface area (Å²) in [6.07, 6.45) is 0.864. The Labute approximate surface area is 148 Å². The zero-order chi connectivity index (χ0) is 18.2. The van der Waals surface area contributed by atoms with Crippen molar-refractivity contribution >= 4 is 11.9 Å². The number of ether oxygens (including phenoxy) is 2. The van der Waals surface area contributed by atoms with Gasteiger partial charge in [-0.2, -0.15) is 0 Å². The van der Waals surface area contributed by atoms with Crippen LogP contribution in [0.15, 0.2) is 42.5 Å². The fourth-order valence-corrected chi connectivity index (χ4v) is 2.68. The Morgan fingerprint density at radius 3 is 2.32 bits per heavy atom. The summed E-state index contributed by atoms with van der Waals surface area (Å²) < 4.78 is 10.5. The minimum atomic E-state index is -0.400. The lowest BCUT2D eigenvalue weighted by Crippen LogP contribution is -2.14. The van der Waals surface area contributed by atoms with Gasteiger partial charge in [0.15, 0.2) is 0 Å². The monoisotopic (exact) mass is 340 g/mol. The van der Waals surface area contributed by atoms with Crippen molar-refractivity contribution in [2.75, 3.05) is 6.61 Å². The summed E-state index contributed by atoms with van der Waals surface area (Å²) in [6, 6.07) is 13.2. The van der Waals surface area contributed by atoms with E-state index < -0.39 is 5.97 Å². The number of benzene rings is 2. The topological polar surface area (TPSA) is 52.6 Å². The van der Waals surface area contributed by atoms with E-state index in [9.17, 15) is 9.59 Å².